The van der Waals surface area contributed by atoms with Gasteiger partial charge in [-0.25, -0.2) is 4.79 Å². The molecular formula is C17H20ClNO3. The predicted molar refractivity (Wildman–Crippen MR) is 85.6 cm³/mol. The minimum absolute atomic E-state index is 0.173. The summed E-state index contributed by atoms with van der Waals surface area (Å²) in [4.78, 5) is 23.9. The smallest absolute Gasteiger partial charge is 0.328 e. The van der Waals surface area contributed by atoms with Gasteiger partial charge in [-0.2, -0.15) is 0 Å². The van der Waals surface area contributed by atoms with Gasteiger partial charge in [0.25, 0.3) is 0 Å². The Morgan fingerprint density at radius 2 is 2.27 bits per heavy atom. The van der Waals surface area contributed by atoms with Crippen LogP contribution < -0.4 is 5.32 Å². The predicted octanol–water partition coefficient (Wildman–Crippen LogP) is 3.04. The molecule has 1 N–H and O–H groups in total. The molecule has 118 valence electrons. The van der Waals surface area contributed by atoms with E-state index in [0.29, 0.717) is 5.02 Å². The Hall–Kier alpha value is -1.81. The molecule has 0 saturated heterocycles. The van der Waals surface area contributed by atoms with Crippen LogP contribution >= 0.6 is 11.6 Å². The lowest BCUT2D eigenvalue weighted by atomic mass is 10.1. The van der Waals surface area contributed by atoms with E-state index in [0.717, 1.165) is 24.8 Å². The summed E-state index contributed by atoms with van der Waals surface area (Å²) in [7, 11) is 0. The first-order valence-electron chi connectivity index (χ1n) is 7.45. The van der Waals surface area contributed by atoms with Crippen LogP contribution in [0.3, 0.4) is 0 Å². The van der Waals surface area contributed by atoms with Crippen molar-refractivity contribution in [1.82, 2.24) is 5.32 Å². The van der Waals surface area contributed by atoms with Crippen LogP contribution in [0.5, 0.6) is 0 Å². The minimum Gasteiger partial charge on any atom is -0.457 e. The molecule has 0 bridgehead atoms. The minimum atomic E-state index is -0.665. The normalized spacial score (nSPS) is 18.5. The third-order valence-electron chi connectivity index (χ3n) is 3.46. The zero-order valence-corrected chi connectivity index (χ0v) is 13.3. The van der Waals surface area contributed by atoms with Gasteiger partial charge >= 0.3 is 5.97 Å². The van der Waals surface area contributed by atoms with Gasteiger partial charge in [0.05, 0.1) is 6.42 Å². The van der Waals surface area contributed by atoms with Gasteiger partial charge in [-0.05, 0) is 50.0 Å². The van der Waals surface area contributed by atoms with Crippen molar-refractivity contribution in [3.8, 4) is 0 Å². The molecule has 1 aliphatic rings. The fraction of sp³-hybridized carbons (Fsp3) is 0.412. The molecule has 0 saturated carbocycles. The van der Waals surface area contributed by atoms with Crippen molar-refractivity contribution in [3.05, 3.63) is 47.0 Å². The van der Waals surface area contributed by atoms with Crippen LogP contribution in [0.2, 0.25) is 5.02 Å². The quantitative estimate of drug-likeness (QED) is 0.670. The molecule has 1 aliphatic carbocycles. The summed E-state index contributed by atoms with van der Waals surface area (Å²) in [5, 5.41) is 3.24. The fourth-order valence-electron chi connectivity index (χ4n) is 2.31. The van der Waals surface area contributed by atoms with Crippen LogP contribution in [0.1, 0.15) is 31.7 Å². The van der Waals surface area contributed by atoms with Crippen molar-refractivity contribution >= 4 is 23.5 Å². The maximum absolute atomic E-state index is 12.0. The van der Waals surface area contributed by atoms with Crippen molar-refractivity contribution in [2.75, 3.05) is 0 Å². The summed E-state index contributed by atoms with van der Waals surface area (Å²) in [5.41, 5.74) is 0.806. The molecule has 1 aromatic rings. The molecule has 0 radical (unpaired) electrons. The van der Waals surface area contributed by atoms with Gasteiger partial charge in [0.15, 0.2) is 0 Å². The van der Waals surface area contributed by atoms with E-state index in [1.807, 2.05) is 18.2 Å². The van der Waals surface area contributed by atoms with Crippen LogP contribution in [0.15, 0.2) is 36.4 Å². The number of carbonyl (C=O) groups excluding carboxylic acids is 2. The van der Waals surface area contributed by atoms with Gasteiger partial charge < -0.3 is 10.1 Å². The largest absolute Gasteiger partial charge is 0.457 e. The standard InChI is InChI=1S/C17H20ClNO3/c1-12(17(21)22-15-8-3-2-4-9-15)19-16(20)11-13-6-5-7-14(18)10-13/h3,5-8,10,12,15H,2,4,9,11H2,1H3,(H,19,20)/t12-,15?/m0/s1. The number of halogens is 1. The number of hydrogen-bond acceptors (Lipinski definition) is 3. The van der Waals surface area contributed by atoms with Gasteiger partial charge in [-0.15, -0.1) is 0 Å². The van der Waals surface area contributed by atoms with Crippen molar-refractivity contribution in [1.29, 1.82) is 0 Å². The summed E-state index contributed by atoms with van der Waals surface area (Å²) in [6.07, 6.45) is 6.82. The summed E-state index contributed by atoms with van der Waals surface area (Å²) in [5.74, 6) is -0.637. The first-order valence-corrected chi connectivity index (χ1v) is 7.83. The van der Waals surface area contributed by atoms with E-state index < -0.39 is 12.0 Å². The maximum Gasteiger partial charge on any atom is 0.328 e. The molecule has 0 spiro atoms. The van der Waals surface area contributed by atoms with E-state index in [4.69, 9.17) is 16.3 Å². The molecule has 4 nitrogen and oxygen atoms in total. The van der Waals surface area contributed by atoms with Crippen molar-refractivity contribution < 1.29 is 14.3 Å². The van der Waals surface area contributed by atoms with Gasteiger partial charge in [0.1, 0.15) is 12.1 Å². The second-order valence-corrected chi connectivity index (χ2v) is 5.87. The first-order chi connectivity index (χ1) is 10.5. The van der Waals surface area contributed by atoms with Crippen LogP contribution in [-0.4, -0.2) is 24.0 Å². The number of amides is 1. The average Bonchev–Trinajstić information content (AvgIpc) is 2.48. The number of benzene rings is 1. The molecule has 2 atom stereocenters. The van der Waals surface area contributed by atoms with Gasteiger partial charge in [0.2, 0.25) is 5.91 Å². The molecule has 22 heavy (non-hydrogen) atoms. The van der Waals surface area contributed by atoms with Gasteiger partial charge in [0, 0.05) is 5.02 Å². The summed E-state index contributed by atoms with van der Waals surface area (Å²) >= 11 is 5.88. The number of carbonyl (C=O) groups is 2. The Labute approximate surface area is 135 Å². The number of esters is 1. The molecule has 0 fully saturated rings. The third kappa shape index (κ3) is 5.19. The van der Waals surface area contributed by atoms with Crippen molar-refractivity contribution in [2.45, 2.75) is 44.8 Å². The highest BCUT2D eigenvalue weighted by Crippen LogP contribution is 2.14. The highest BCUT2D eigenvalue weighted by atomic mass is 35.5. The van der Waals surface area contributed by atoms with E-state index >= 15 is 0 Å². The number of hydrogen-bond donors (Lipinski definition) is 1. The molecule has 0 heterocycles. The zero-order chi connectivity index (χ0) is 15.9. The lowest BCUT2D eigenvalue weighted by molar-refractivity contribution is -0.150. The highest BCUT2D eigenvalue weighted by Gasteiger charge is 2.21. The van der Waals surface area contributed by atoms with Crippen molar-refractivity contribution in [2.24, 2.45) is 0 Å². The monoisotopic (exact) mass is 321 g/mol. The average molecular weight is 322 g/mol. The Kier molecular flexibility index (Phi) is 6.01. The molecule has 1 aromatic carbocycles. The molecule has 1 unspecified atom stereocenters. The number of allylic oxidation sites excluding steroid dienone is 1. The molecule has 2 rings (SSSR count). The Morgan fingerprint density at radius 1 is 1.45 bits per heavy atom. The lowest BCUT2D eigenvalue weighted by Gasteiger charge is -2.20. The SMILES string of the molecule is C[C@H](NC(=O)Cc1cccc(Cl)c1)C(=O)OC1C=CCCC1. The van der Waals surface area contributed by atoms with Crippen LogP contribution in [-0.2, 0) is 20.7 Å². The van der Waals surface area contributed by atoms with Gasteiger partial charge in [-0.3, -0.25) is 4.79 Å². The highest BCUT2D eigenvalue weighted by molar-refractivity contribution is 6.30. The van der Waals surface area contributed by atoms with E-state index in [1.54, 1.807) is 25.1 Å². The Balaban J connectivity index is 1.81. The number of rotatable bonds is 5. The topological polar surface area (TPSA) is 55.4 Å². The summed E-state index contributed by atoms with van der Waals surface area (Å²) in [6.45, 7) is 1.63. The summed E-state index contributed by atoms with van der Waals surface area (Å²) < 4.78 is 5.36. The number of ether oxygens (including phenoxy) is 1. The Morgan fingerprint density at radius 3 is 2.95 bits per heavy atom. The second-order valence-electron chi connectivity index (χ2n) is 5.43. The summed E-state index contributed by atoms with van der Waals surface area (Å²) in [6, 6.07) is 6.43. The molecular weight excluding hydrogens is 302 g/mol. The van der Waals surface area contributed by atoms with E-state index in [1.165, 1.54) is 0 Å². The molecule has 0 aliphatic heterocycles. The van der Waals surface area contributed by atoms with E-state index in [2.05, 4.69) is 5.32 Å². The van der Waals surface area contributed by atoms with E-state index in [9.17, 15) is 9.59 Å². The molecule has 5 heteroatoms. The molecule has 0 aromatic heterocycles. The van der Waals surface area contributed by atoms with Crippen LogP contribution in [0, 0.1) is 0 Å². The second kappa shape index (κ2) is 7.99. The van der Waals surface area contributed by atoms with Crippen LogP contribution in [0.25, 0.3) is 0 Å². The van der Waals surface area contributed by atoms with Crippen LogP contribution in [0.4, 0.5) is 0 Å². The third-order valence-corrected chi connectivity index (χ3v) is 3.70. The van der Waals surface area contributed by atoms with Crippen molar-refractivity contribution in [3.63, 3.8) is 0 Å². The first kappa shape index (κ1) is 16.6. The van der Waals surface area contributed by atoms with Gasteiger partial charge in [-0.1, -0.05) is 29.8 Å². The zero-order valence-electron chi connectivity index (χ0n) is 12.5. The van der Waals surface area contributed by atoms with E-state index in [-0.39, 0.29) is 18.4 Å². The maximum atomic E-state index is 12.0. The fourth-order valence-corrected chi connectivity index (χ4v) is 2.53. The Bertz CT molecular complexity index is 571. The molecule has 1 amide bonds. The number of nitrogens with one attached hydrogen (secondary N) is 1. The lowest BCUT2D eigenvalue weighted by Crippen LogP contribution is -2.41.